The zero-order valence-corrected chi connectivity index (χ0v) is 6.53. The summed E-state index contributed by atoms with van der Waals surface area (Å²) in [4.78, 5) is 20.8. The highest BCUT2D eigenvalue weighted by molar-refractivity contribution is 5.76. The second-order valence-corrected chi connectivity index (χ2v) is 2.17. The molecule has 0 aromatic heterocycles. The average Bonchev–Trinajstić information content (AvgIpc) is 2.00. The number of carbonyl (C=O) groups excluding carboxylic acids is 1. The van der Waals surface area contributed by atoms with Crippen LogP contribution in [0, 0.1) is 0 Å². The molecule has 0 saturated heterocycles. The Morgan fingerprint density at radius 2 is 2.08 bits per heavy atom. The summed E-state index contributed by atoms with van der Waals surface area (Å²) in [7, 11) is 0. The highest BCUT2D eigenvalue weighted by atomic mass is 16.5. The molecule has 0 fully saturated rings. The lowest BCUT2D eigenvalue weighted by Crippen LogP contribution is -2.34. The van der Waals surface area contributed by atoms with Gasteiger partial charge in [0.2, 0.25) is 0 Å². The zero-order chi connectivity index (χ0) is 9.56. The largest absolute Gasteiger partial charge is 0.481 e. The van der Waals surface area contributed by atoms with Gasteiger partial charge in [0, 0.05) is 6.42 Å². The van der Waals surface area contributed by atoms with Gasteiger partial charge in [-0.1, -0.05) is 0 Å². The number of hydrogen-bond acceptors (Lipinski definition) is 5. The molecule has 0 aliphatic carbocycles. The summed E-state index contributed by atoms with van der Waals surface area (Å²) in [6.07, 6.45) is -0.0883. The van der Waals surface area contributed by atoms with Gasteiger partial charge in [-0.15, -0.1) is 0 Å². The third kappa shape index (κ3) is 4.64. The molecule has 12 heavy (non-hydrogen) atoms. The maximum absolute atomic E-state index is 10.7. The molecule has 0 unspecified atom stereocenters. The number of carboxylic acid groups (broad SMARTS) is 1. The molecule has 70 valence electrons. The van der Waals surface area contributed by atoms with Gasteiger partial charge in [-0.3, -0.25) is 15.3 Å². The molecule has 0 aromatic rings. The Hall–Kier alpha value is -1.14. The van der Waals surface area contributed by atoms with Crippen LogP contribution in [-0.2, 0) is 14.3 Å². The summed E-state index contributed by atoms with van der Waals surface area (Å²) in [5.74, 6) is -1.66. The SMILES string of the molecule is NCOC(=O)[C@@H](N)CCC(=O)O. The average molecular weight is 176 g/mol. The van der Waals surface area contributed by atoms with E-state index in [9.17, 15) is 9.59 Å². The van der Waals surface area contributed by atoms with Crippen molar-refractivity contribution >= 4 is 11.9 Å². The van der Waals surface area contributed by atoms with Gasteiger partial charge in [-0.25, -0.2) is 0 Å². The zero-order valence-electron chi connectivity index (χ0n) is 6.53. The van der Waals surface area contributed by atoms with E-state index < -0.39 is 18.0 Å². The van der Waals surface area contributed by atoms with Crippen molar-refractivity contribution in [2.45, 2.75) is 18.9 Å². The molecule has 0 aliphatic rings. The van der Waals surface area contributed by atoms with Crippen molar-refractivity contribution in [2.75, 3.05) is 6.73 Å². The number of carboxylic acids is 1. The molecular formula is C6H12N2O4. The molecule has 6 heteroatoms. The summed E-state index contributed by atoms with van der Waals surface area (Å²) in [5.41, 5.74) is 10.2. The van der Waals surface area contributed by atoms with Crippen LogP contribution in [0.15, 0.2) is 0 Å². The molecule has 0 amide bonds. The predicted octanol–water partition coefficient (Wildman–Crippen LogP) is -1.36. The van der Waals surface area contributed by atoms with E-state index >= 15 is 0 Å². The predicted molar refractivity (Wildman–Crippen MR) is 40.0 cm³/mol. The number of ether oxygens (including phenoxy) is 1. The van der Waals surface area contributed by atoms with Crippen LogP contribution in [0.25, 0.3) is 0 Å². The van der Waals surface area contributed by atoms with E-state index in [1.54, 1.807) is 0 Å². The van der Waals surface area contributed by atoms with E-state index in [0.29, 0.717) is 0 Å². The van der Waals surface area contributed by atoms with Crippen LogP contribution >= 0.6 is 0 Å². The Bertz CT molecular complexity index is 171. The number of esters is 1. The van der Waals surface area contributed by atoms with E-state index in [0.717, 1.165) is 0 Å². The van der Waals surface area contributed by atoms with Crippen LogP contribution in [0.2, 0.25) is 0 Å². The lowest BCUT2D eigenvalue weighted by molar-refractivity contribution is -0.145. The van der Waals surface area contributed by atoms with Crippen molar-refractivity contribution in [3.05, 3.63) is 0 Å². The normalized spacial score (nSPS) is 12.2. The Kier molecular flexibility index (Phi) is 4.98. The van der Waals surface area contributed by atoms with Crippen molar-refractivity contribution in [3.63, 3.8) is 0 Å². The van der Waals surface area contributed by atoms with Crippen molar-refractivity contribution < 1.29 is 19.4 Å². The van der Waals surface area contributed by atoms with Gasteiger partial charge in [-0.2, -0.15) is 0 Å². The second-order valence-electron chi connectivity index (χ2n) is 2.17. The highest BCUT2D eigenvalue weighted by Gasteiger charge is 2.15. The lowest BCUT2D eigenvalue weighted by atomic mass is 10.2. The number of aliphatic carboxylic acids is 1. The summed E-state index contributed by atoms with van der Waals surface area (Å²) in [6.45, 7) is -0.237. The van der Waals surface area contributed by atoms with Gasteiger partial charge < -0.3 is 15.6 Å². The number of hydrogen-bond donors (Lipinski definition) is 3. The van der Waals surface area contributed by atoms with Crippen LogP contribution in [-0.4, -0.2) is 29.8 Å². The Morgan fingerprint density at radius 3 is 2.50 bits per heavy atom. The fraction of sp³-hybridized carbons (Fsp3) is 0.667. The summed E-state index contributed by atoms with van der Waals surface area (Å²) < 4.78 is 4.36. The number of rotatable bonds is 5. The first-order valence-corrected chi connectivity index (χ1v) is 3.42. The molecule has 0 radical (unpaired) electrons. The quantitative estimate of drug-likeness (QED) is 0.352. The van der Waals surface area contributed by atoms with E-state index in [4.69, 9.17) is 16.6 Å². The summed E-state index contributed by atoms with van der Waals surface area (Å²) >= 11 is 0. The number of nitrogens with two attached hydrogens (primary N) is 2. The van der Waals surface area contributed by atoms with Crippen LogP contribution < -0.4 is 11.5 Å². The first kappa shape index (κ1) is 10.9. The van der Waals surface area contributed by atoms with Crippen molar-refractivity contribution in [3.8, 4) is 0 Å². The van der Waals surface area contributed by atoms with Gasteiger partial charge in [-0.05, 0) is 6.42 Å². The Labute approximate surface area is 69.5 Å². The molecular weight excluding hydrogens is 164 g/mol. The van der Waals surface area contributed by atoms with Crippen molar-refractivity contribution in [2.24, 2.45) is 11.5 Å². The lowest BCUT2D eigenvalue weighted by Gasteiger charge is -2.07. The smallest absolute Gasteiger partial charge is 0.324 e. The molecule has 0 bridgehead atoms. The van der Waals surface area contributed by atoms with Gasteiger partial charge in [0.1, 0.15) is 12.8 Å². The number of carbonyl (C=O) groups is 2. The van der Waals surface area contributed by atoms with Gasteiger partial charge in [0.05, 0.1) is 0 Å². The molecule has 0 aromatic carbocycles. The first-order chi connectivity index (χ1) is 5.57. The van der Waals surface area contributed by atoms with E-state index in [-0.39, 0.29) is 19.6 Å². The minimum atomic E-state index is -0.994. The third-order valence-corrected chi connectivity index (χ3v) is 1.20. The standard InChI is InChI=1S/C6H12N2O4/c7-3-12-6(11)4(8)1-2-5(9)10/h4H,1-3,7-8H2,(H,9,10)/t4-/m0/s1. The van der Waals surface area contributed by atoms with E-state index in [1.807, 2.05) is 0 Å². The second kappa shape index (κ2) is 5.50. The molecule has 0 rings (SSSR count). The van der Waals surface area contributed by atoms with Crippen molar-refractivity contribution in [1.82, 2.24) is 0 Å². The summed E-state index contributed by atoms with van der Waals surface area (Å²) in [6, 6.07) is -0.898. The first-order valence-electron chi connectivity index (χ1n) is 3.42. The van der Waals surface area contributed by atoms with E-state index in [2.05, 4.69) is 4.74 Å². The Morgan fingerprint density at radius 1 is 1.50 bits per heavy atom. The molecule has 6 nitrogen and oxygen atoms in total. The monoisotopic (exact) mass is 176 g/mol. The summed E-state index contributed by atoms with van der Waals surface area (Å²) in [5, 5.41) is 8.24. The Balaban J connectivity index is 3.63. The van der Waals surface area contributed by atoms with Crippen LogP contribution in [0.3, 0.4) is 0 Å². The van der Waals surface area contributed by atoms with Gasteiger partial charge >= 0.3 is 11.9 Å². The fourth-order valence-corrected chi connectivity index (χ4v) is 0.586. The molecule has 0 heterocycles. The van der Waals surface area contributed by atoms with Gasteiger partial charge in [0.25, 0.3) is 0 Å². The minimum absolute atomic E-state index is 0.0637. The van der Waals surface area contributed by atoms with Crippen LogP contribution in [0.1, 0.15) is 12.8 Å². The maximum atomic E-state index is 10.7. The third-order valence-electron chi connectivity index (χ3n) is 1.20. The molecule has 0 spiro atoms. The van der Waals surface area contributed by atoms with Crippen LogP contribution in [0.5, 0.6) is 0 Å². The minimum Gasteiger partial charge on any atom is -0.481 e. The van der Waals surface area contributed by atoms with Crippen LogP contribution in [0.4, 0.5) is 0 Å². The topological polar surface area (TPSA) is 116 Å². The molecule has 5 N–H and O–H groups in total. The fourth-order valence-electron chi connectivity index (χ4n) is 0.586. The highest BCUT2D eigenvalue weighted by Crippen LogP contribution is 1.96. The van der Waals surface area contributed by atoms with Crippen molar-refractivity contribution in [1.29, 1.82) is 0 Å². The van der Waals surface area contributed by atoms with Gasteiger partial charge in [0.15, 0.2) is 0 Å². The molecule has 1 atom stereocenters. The van der Waals surface area contributed by atoms with E-state index in [1.165, 1.54) is 0 Å². The molecule has 0 saturated carbocycles. The molecule has 0 aliphatic heterocycles. The maximum Gasteiger partial charge on any atom is 0.324 e.